The number of rotatable bonds is 2. The average Bonchev–Trinajstić information content (AvgIpc) is 2.94. The van der Waals surface area contributed by atoms with Crippen molar-refractivity contribution in [2.45, 2.75) is 16.7 Å². The van der Waals surface area contributed by atoms with E-state index in [-0.39, 0.29) is 18.2 Å². The lowest BCUT2D eigenvalue weighted by Crippen LogP contribution is -2.55. The fourth-order valence-electron chi connectivity index (χ4n) is 4.12. The molecule has 0 spiro atoms. The van der Waals surface area contributed by atoms with E-state index in [1.54, 1.807) is 11.1 Å². The third-order valence-corrected chi connectivity index (χ3v) is 6.74. The summed E-state index contributed by atoms with van der Waals surface area (Å²) >= 11 is 1.42. The summed E-state index contributed by atoms with van der Waals surface area (Å²) in [6.07, 6.45) is 1.45. The summed E-state index contributed by atoms with van der Waals surface area (Å²) in [5.74, 6) is -1.02. The van der Waals surface area contributed by atoms with E-state index in [2.05, 4.69) is 0 Å². The summed E-state index contributed by atoms with van der Waals surface area (Å²) < 4.78 is 16.3. The maximum absolute atomic E-state index is 14.8. The first-order chi connectivity index (χ1) is 15.0. The van der Waals surface area contributed by atoms with Gasteiger partial charge in [-0.15, -0.1) is 11.8 Å². The first-order valence-corrected chi connectivity index (χ1v) is 10.6. The second-order valence-corrected chi connectivity index (χ2v) is 8.20. The lowest BCUT2D eigenvalue weighted by atomic mass is 9.94. The quantitative estimate of drug-likeness (QED) is 0.662. The second-order valence-electron chi connectivity index (χ2n) is 7.22. The van der Waals surface area contributed by atoms with E-state index < -0.39 is 23.1 Å². The lowest BCUT2D eigenvalue weighted by Gasteiger charge is -2.43. The van der Waals surface area contributed by atoms with Crippen LogP contribution in [0.4, 0.5) is 4.39 Å². The molecule has 2 aliphatic rings. The number of amides is 1. The molecule has 0 saturated carbocycles. The topological polar surface area (TPSA) is 75.0 Å². The summed E-state index contributed by atoms with van der Waals surface area (Å²) in [6.45, 7) is 0.00423. The molecule has 0 saturated heterocycles. The van der Waals surface area contributed by atoms with Gasteiger partial charge in [0.15, 0.2) is 11.4 Å². The minimum Gasteiger partial charge on any atom is -0.502 e. The van der Waals surface area contributed by atoms with Crippen molar-refractivity contribution in [2.24, 2.45) is 0 Å². The molecule has 9 heteroatoms. The fraction of sp³-hybridized carbons (Fsp3) is 0.182. The molecule has 0 fully saturated rings. The van der Waals surface area contributed by atoms with E-state index in [1.807, 2.05) is 30.3 Å². The zero-order valence-electron chi connectivity index (χ0n) is 16.5. The van der Waals surface area contributed by atoms with Crippen molar-refractivity contribution in [1.82, 2.24) is 9.74 Å². The Balaban J connectivity index is 1.80. The van der Waals surface area contributed by atoms with Crippen molar-refractivity contribution >= 4 is 17.7 Å². The number of hydrogen-bond acceptors (Lipinski definition) is 6. The molecule has 31 heavy (non-hydrogen) atoms. The molecule has 0 aliphatic carbocycles. The number of pyridine rings is 1. The molecule has 2 aromatic carbocycles. The van der Waals surface area contributed by atoms with Crippen LogP contribution in [0.25, 0.3) is 0 Å². The van der Waals surface area contributed by atoms with Crippen molar-refractivity contribution in [3.8, 4) is 5.75 Å². The molecule has 1 amide bonds. The number of aromatic hydroxyl groups is 1. The van der Waals surface area contributed by atoms with Gasteiger partial charge in [-0.1, -0.05) is 36.4 Å². The summed E-state index contributed by atoms with van der Waals surface area (Å²) in [5, 5.41) is 13.3. The number of benzene rings is 2. The number of carbonyl (C=O) groups is 1. The zero-order chi connectivity index (χ0) is 21.7. The minimum atomic E-state index is -0.666. The van der Waals surface area contributed by atoms with E-state index in [0.29, 0.717) is 10.6 Å². The molecule has 1 N–H and O–H groups in total. The van der Waals surface area contributed by atoms with Gasteiger partial charge in [0.2, 0.25) is 5.43 Å². The predicted octanol–water partition coefficient (Wildman–Crippen LogP) is 3.00. The van der Waals surface area contributed by atoms with Gasteiger partial charge in [0.25, 0.3) is 0 Å². The van der Waals surface area contributed by atoms with Crippen LogP contribution in [0.2, 0.25) is 0 Å². The minimum absolute atomic E-state index is 0.00423. The highest BCUT2D eigenvalue weighted by Gasteiger charge is 2.39. The van der Waals surface area contributed by atoms with Crippen LogP contribution in [0.3, 0.4) is 0 Å². The fourth-order valence-corrected chi connectivity index (χ4v) is 5.24. The smallest absolute Gasteiger partial charge is 0.301 e. The number of thioether (sulfide) groups is 1. The monoisotopic (exact) mass is 439 g/mol. The highest BCUT2D eigenvalue weighted by atomic mass is 32.2. The Hall–Kier alpha value is -3.30. The number of hydroxylamine groups is 2. The highest BCUT2D eigenvalue weighted by Crippen LogP contribution is 2.43. The van der Waals surface area contributed by atoms with Crippen LogP contribution in [-0.4, -0.2) is 34.5 Å². The normalized spacial score (nSPS) is 17.6. The molecule has 0 unspecified atom stereocenters. The van der Waals surface area contributed by atoms with Crippen LogP contribution in [0.5, 0.6) is 5.75 Å². The van der Waals surface area contributed by atoms with Gasteiger partial charge in [-0.05, 0) is 22.8 Å². The Morgan fingerprint density at radius 2 is 1.87 bits per heavy atom. The maximum Gasteiger partial charge on any atom is 0.301 e. The molecule has 3 aromatic rings. The van der Waals surface area contributed by atoms with E-state index in [1.165, 1.54) is 41.9 Å². The molecule has 0 radical (unpaired) electrons. The SMILES string of the molecule is CON1CN([C@H]2c3ccccc3CSc3c(F)cccc32)n2ccc(=O)c(O)c2C1=O. The van der Waals surface area contributed by atoms with Gasteiger partial charge in [-0.3, -0.25) is 24.1 Å². The Morgan fingerprint density at radius 3 is 2.68 bits per heavy atom. The Labute approximate surface area is 181 Å². The third kappa shape index (κ3) is 3.00. The van der Waals surface area contributed by atoms with Crippen molar-refractivity contribution < 1.29 is 19.1 Å². The van der Waals surface area contributed by atoms with Crippen LogP contribution in [0.1, 0.15) is 33.2 Å². The Bertz CT molecular complexity index is 1260. The largest absolute Gasteiger partial charge is 0.502 e. The first kappa shape index (κ1) is 19.7. The van der Waals surface area contributed by atoms with Gasteiger partial charge >= 0.3 is 5.91 Å². The Kier molecular flexibility index (Phi) is 4.71. The van der Waals surface area contributed by atoms with Gasteiger partial charge in [0.05, 0.1) is 13.2 Å². The van der Waals surface area contributed by atoms with Crippen LogP contribution in [0.15, 0.2) is 64.4 Å². The first-order valence-electron chi connectivity index (χ1n) is 9.57. The number of fused-ring (bicyclic) bond motifs is 3. The van der Waals surface area contributed by atoms with Gasteiger partial charge in [-0.25, -0.2) is 4.39 Å². The third-order valence-electron chi connectivity index (χ3n) is 5.57. The molecule has 1 atom stereocenters. The molecule has 2 aliphatic heterocycles. The Morgan fingerprint density at radius 1 is 1.10 bits per heavy atom. The van der Waals surface area contributed by atoms with Crippen molar-refractivity contribution in [3.63, 3.8) is 0 Å². The molecule has 7 nitrogen and oxygen atoms in total. The molecular formula is C22H18FN3O4S. The molecule has 5 rings (SSSR count). The van der Waals surface area contributed by atoms with Crippen LogP contribution in [0, 0.1) is 5.82 Å². The second kappa shape index (κ2) is 7.44. The van der Waals surface area contributed by atoms with E-state index in [4.69, 9.17) is 4.84 Å². The van der Waals surface area contributed by atoms with E-state index in [0.717, 1.165) is 21.8 Å². The predicted molar refractivity (Wildman–Crippen MR) is 113 cm³/mol. The van der Waals surface area contributed by atoms with Crippen LogP contribution in [-0.2, 0) is 10.6 Å². The van der Waals surface area contributed by atoms with Crippen LogP contribution >= 0.6 is 11.8 Å². The van der Waals surface area contributed by atoms with Crippen molar-refractivity contribution in [3.05, 3.63) is 93.2 Å². The van der Waals surface area contributed by atoms with Crippen LogP contribution < -0.4 is 10.4 Å². The summed E-state index contributed by atoms with van der Waals surface area (Å²) in [6, 6.07) is 13.4. The standard InChI is InChI=1S/C22H18FN3O4S/c1-30-26-12-25(24-10-9-17(27)20(28)19(24)22(26)29)18-14-6-3-2-5-13(14)11-31-21-15(18)7-4-8-16(21)23/h2-10,18,28H,11-12H2,1H3/t18-/m0/s1. The summed E-state index contributed by atoms with van der Waals surface area (Å²) in [4.78, 5) is 30.7. The molecule has 158 valence electrons. The number of carbonyl (C=O) groups excluding carboxylic acids is 1. The van der Waals surface area contributed by atoms with E-state index in [9.17, 15) is 19.1 Å². The molecule has 0 bridgehead atoms. The maximum atomic E-state index is 14.8. The van der Waals surface area contributed by atoms with Gasteiger partial charge in [0, 0.05) is 22.9 Å². The van der Waals surface area contributed by atoms with Gasteiger partial charge in [0.1, 0.15) is 12.5 Å². The number of aromatic nitrogens is 1. The van der Waals surface area contributed by atoms with Crippen molar-refractivity contribution in [2.75, 3.05) is 18.8 Å². The summed E-state index contributed by atoms with van der Waals surface area (Å²) in [5.41, 5.74) is 1.83. The van der Waals surface area contributed by atoms with Gasteiger partial charge < -0.3 is 5.11 Å². The molecule has 3 heterocycles. The zero-order valence-corrected chi connectivity index (χ0v) is 17.3. The highest BCUT2D eigenvalue weighted by molar-refractivity contribution is 7.98. The number of nitrogens with zero attached hydrogens (tertiary/aromatic N) is 3. The number of hydrogen-bond donors (Lipinski definition) is 1. The summed E-state index contributed by atoms with van der Waals surface area (Å²) in [7, 11) is 1.34. The average molecular weight is 439 g/mol. The van der Waals surface area contributed by atoms with Gasteiger partial charge in [-0.2, -0.15) is 5.06 Å². The lowest BCUT2D eigenvalue weighted by molar-refractivity contribution is -0.105. The molecular weight excluding hydrogens is 421 g/mol. The number of halogens is 1. The van der Waals surface area contributed by atoms with Crippen molar-refractivity contribution in [1.29, 1.82) is 0 Å². The van der Waals surface area contributed by atoms with E-state index >= 15 is 0 Å². The molecule has 1 aromatic heterocycles.